The first kappa shape index (κ1) is 18.2. The summed E-state index contributed by atoms with van der Waals surface area (Å²) in [6, 6.07) is 7.29. The minimum Gasteiger partial charge on any atom is -0.326 e. The fourth-order valence-electron chi connectivity index (χ4n) is 2.44. The fourth-order valence-corrected chi connectivity index (χ4v) is 2.44. The molecule has 2 N–H and O–H groups in total. The molecule has 4 nitrogen and oxygen atoms in total. The first-order valence-electron chi connectivity index (χ1n) is 8.27. The molecule has 1 aromatic carbocycles. The highest BCUT2D eigenvalue weighted by Crippen LogP contribution is 2.18. The summed E-state index contributed by atoms with van der Waals surface area (Å²) in [5, 5.41) is 5.84. The minimum atomic E-state index is 0.0502. The highest BCUT2D eigenvalue weighted by Gasteiger charge is 2.15. The summed E-state index contributed by atoms with van der Waals surface area (Å²) in [6.07, 6.45) is 3.36. The summed E-state index contributed by atoms with van der Waals surface area (Å²) in [5.74, 6) is 0.209. The van der Waals surface area contributed by atoms with E-state index in [0.29, 0.717) is 0 Å². The van der Waals surface area contributed by atoms with Gasteiger partial charge in [0.25, 0.3) is 0 Å². The van der Waals surface area contributed by atoms with Crippen LogP contribution < -0.4 is 10.6 Å². The molecule has 1 rings (SSSR count). The predicted molar refractivity (Wildman–Crippen MR) is 91.8 cm³/mol. The van der Waals surface area contributed by atoms with E-state index in [-0.39, 0.29) is 23.7 Å². The molecule has 0 heterocycles. The van der Waals surface area contributed by atoms with Crippen LogP contribution in [0.4, 0.5) is 11.4 Å². The van der Waals surface area contributed by atoms with Crippen LogP contribution in [0.15, 0.2) is 24.3 Å². The Hall–Kier alpha value is -1.84. The van der Waals surface area contributed by atoms with Crippen molar-refractivity contribution in [2.24, 2.45) is 11.8 Å². The van der Waals surface area contributed by atoms with Gasteiger partial charge in [-0.15, -0.1) is 0 Å². The summed E-state index contributed by atoms with van der Waals surface area (Å²) in [4.78, 5) is 24.0. The Labute approximate surface area is 133 Å². The van der Waals surface area contributed by atoms with E-state index in [2.05, 4.69) is 10.6 Å². The van der Waals surface area contributed by atoms with Crippen molar-refractivity contribution < 1.29 is 9.59 Å². The number of carbonyl (C=O) groups is 2. The van der Waals surface area contributed by atoms with Gasteiger partial charge in [0.15, 0.2) is 0 Å². The van der Waals surface area contributed by atoms with E-state index in [4.69, 9.17) is 0 Å². The third-order valence-electron chi connectivity index (χ3n) is 4.13. The summed E-state index contributed by atoms with van der Waals surface area (Å²) in [7, 11) is 0. The molecule has 0 aliphatic carbocycles. The zero-order chi connectivity index (χ0) is 16.5. The molecule has 0 fully saturated rings. The van der Waals surface area contributed by atoms with E-state index >= 15 is 0 Å². The van der Waals surface area contributed by atoms with Crippen LogP contribution in [0.5, 0.6) is 0 Å². The summed E-state index contributed by atoms with van der Waals surface area (Å²) in [6.45, 7) is 8.07. The van der Waals surface area contributed by atoms with E-state index < -0.39 is 0 Å². The van der Waals surface area contributed by atoms with Gasteiger partial charge in [-0.3, -0.25) is 9.59 Å². The third-order valence-corrected chi connectivity index (χ3v) is 4.13. The topological polar surface area (TPSA) is 58.2 Å². The Morgan fingerprint density at radius 3 is 1.23 bits per heavy atom. The molecule has 4 heteroatoms. The first-order chi connectivity index (χ1) is 10.5. The molecule has 122 valence electrons. The van der Waals surface area contributed by atoms with Crippen LogP contribution in [0.25, 0.3) is 0 Å². The Balaban J connectivity index is 2.63. The van der Waals surface area contributed by atoms with Gasteiger partial charge in [0.05, 0.1) is 0 Å². The minimum absolute atomic E-state index is 0.0502. The Bertz CT molecular complexity index is 429. The van der Waals surface area contributed by atoms with E-state index in [0.717, 1.165) is 37.1 Å². The molecule has 0 saturated heterocycles. The van der Waals surface area contributed by atoms with Gasteiger partial charge in [-0.1, -0.05) is 27.7 Å². The lowest BCUT2D eigenvalue weighted by Gasteiger charge is -2.14. The van der Waals surface area contributed by atoms with Gasteiger partial charge in [0.1, 0.15) is 0 Å². The van der Waals surface area contributed by atoms with Crippen LogP contribution in [0, 0.1) is 11.8 Å². The van der Waals surface area contributed by atoms with Gasteiger partial charge >= 0.3 is 0 Å². The van der Waals surface area contributed by atoms with Crippen molar-refractivity contribution in [3.05, 3.63) is 24.3 Å². The van der Waals surface area contributed by atoms with Gasteiger partial charge in [0, 0.05) is 23.2 Å². The largest absolute Gasteiger partial charge is 0.326 e. The number of anilines is 2. The van der Waals surface area contributed by atoms with Gasteiger partial charge in [0.2, 0.25) is 11.8 Å². The second-order valence-corrected chi connectivity index (χ2v) is 5.58. The lowest BCUT2D eigenvalue weighted by Crippen LogP contribution is -2.22. The molecule has 0 aromatic heterocycles. The van der Waals surface area contributed by atoms with Crippen molar-refractivity contribution >= 4 is 23.2 Å². The first-order valence-corrected chi connectivity index (χ1v) is 8.27. The Morgan fingerprint density at radius 1 is 0.727 bits per heavy atom. The molecule has 0 atom stereocenters. The number of nitrogens with one attached hydrogen (secondary N) is 2. The van der Waals surface area contributed by atoms with Crippen LogP contribution in [0.2, 0.25) is 0 Å². The number of rotatable bonds is 8. The maximum Gasteiger partial charge on any atom is 0.227 e. The van der Waals surface area contributed by atoms with Crippen LogP contribution >= 0.6 is 0 Å². The molecule has 0 unspecified atom stereocenters. The molecule has 0 saturated carbocycles. The molecule has 0 aliphatic rings. The SMILES string of the molecule is CCC(CC)C(=O)Nc1ccc(NC(=O)C(CC)CC)cc1. The van der Waals surface area contributed by atoms with Crippen molar-refractivity contribution in [3.63, 3.8) is 0 Å². The number of benzene rings is 1. The summed E-state index contributed by atoms with van der Waals surface area (Å²) in [5.41, 5.74) is 1.52. The zero-order valence-electron chi connectivity index (χ0n) is 14.1. The number of amides is 2. The zero-order valence-corrected chi connectivity index (χ0v) is 14.1. The molecule has 0 radical (unpaired) electrons. The monoisotopic (exact) mass is 304 g/mol. The van der Waals surface area contributed by atoms with Crippen LogP contribution in [-0.4, -0.2) is 11.8 Å². The van der Waals surface area contributed by atoms with Crippen molar-refractivity contribution in [2.45, 2.75) is 53.4 Å². The average molecular weight is 304 g/mol. The number of hydrogen-bond acceptors (Lipinski definition) is 2. The van der Waals surface area contributed by atoms with Crippen molar-refractivity contribution in [3.8, 4) is 0 Å². The fraction of sp³-hybridized carbons (Fsp3) is 0.556. The van der Waals surface area contributed by atoms with Crippen molar-refractivity contribution in [1.82, 2.24) is 0 Å². The van der Waals surface area contributed by atoms with Crippen LogP contribution in [0.1, 0.15) is 53.4 Å². The maximum atomic E-state index is 12.0. The van der Waals surface area contributed by atoms with Gasteiger partial charge in [-0.05, 0) is 49.9 Å². The highest BCUT2D eigenvalue weighted by molar-refractivity contribution is 5.94. The standard InChI is InChI=1S/C18H28N2O2/c1-5-13(6-2)17(21)19-15-9-11-16(12-10-15)20-18(22)14(7-3)8-4/h9-14H,5-8H2,1-4H3,(H,19,21)(H,20,22). The lowest BCUT2D eigenvalue weighted by atomic mass is 10.0. The van der Waals surface area contributed by atoms with Gasteiger partial charge < -0.3 is 10.6 Å². The molecule has 2 amide bonds. The second kappa shape index (κ2) is 9.23. The van der Waals surface area contributed by atoms with E-state index in [1.54, 1.807) is 0 Å². The van der Waals surface area contributed by atoms with E-state index in [1.807, 2.05) is 52.0 Å². The predicted octanol–water partition coefficient (Wildman–Crippen LogP) is 4.44. The van der Waals surface area contributed by atoms with Gasteiger partial charge in [-0.2, -0.15) is 0 Å². The third kappa shape index (κ3) is 5.17. The quantitative estimate of drug-likeness (QED) is 0.746. The molecular formula is C18H28N2O2. The maximum absolute atomic E-state index is 12.0. The highest BCUT2D eigenvalue weighted by atomic mass is 16.2. The summed E-state index contributed by atoms with van der Waals surface area (Å²) >= 11 is 0. The molecular weight excluding hydrogens is 276 g/mol. The number of carbonyl (C=O) groups excluding carboxylic acids is 2. The molecule has 0 spiro atoms. The molecule has 0 aliphatic heterocycles. The van der Waals surface area contributed by atoms with E-state index in [9.17, 15) is 9.59 Å². The van der Waals surface area contributed by atoms with Crippen LogP contribution in [-0.2, 0) is 9.59 Å². The Kier molecular flexibility index (Phi) is 7.64. The molecule has 22 heavy (non-hydrogen) atoms. The van der Waals surface area contributed by atoms with Gasteiger partial charge in [-0.25, -0.2) is 0 Å². The van der Waals surface area contributed by atoms with Crippen molar-refractivity contribution in [1.29, 1.82) is 0 Å². The van der Waals surface area contributed by atoms with Crippen LogP contribution in [0.3, 0.4) is 0 Å². The average Bonchev–Trinajstić information content (AvgIpc) is 2.51. The van der Waals surface area contributed by atoms with E-state index in [1.165, 1.54) is 0 Å². The number of hydrogen-bond donors (Lipinski definition) is 2. The smallest absolute Gasteiger partial charge is 0.227 e. The second-order valence-electron chi connectivity index (χ2n) is 5.58. The molecule has 0 bridgehead atoms. The summed E-state index contributed by atoms with van der Waals surface area (Å²) < 4.78 is 0. The van der Waals surface area contributed by atoms with Crippen molar-refractivity contribution in [2.75, 3.05) is 10.6 Å². The molecule has 1 aromatic rings. The lowest BCUT2D eigenvalue weighted by molar-refractivity contribution is -0.120. The Morgan fingerprint density at radius 2 is 1.00 bits per heavy atom. The normalized spacial score (nSPS) is 10.8.